The Bertz CT molecular complexity index is 161. The van der Waals surface area contributed by atoms with Crippen LogP contribution in [0.1, 0.15) is 53.9 Å². The van der Waals surface area contributed by atoms with Gasteiger partial charge in [0.15, 0.2) is 0 Å². The largest absolute Gasteiger partial charge is 0.325 e. The molecule has 0 aliphatic rings. The molecule has 2 N–H and O–H groups in total. The standard InChI is InChI=1S/C11H24N2/c1-6-11(12,7-2)8-9-13-10(3,4)5/h9H,6-8,12H2,1-5H3. The summed E-state index contributed by atoms with van der Waals surface area (Å²) in [7, 11) is 0. The van der Waals surface area contributed by atoms with Crippen molar-refractivity contribution in [1.29, 1.82) is 0 Å². The van der Waals surface area contributed by atoms with Gasteiger partial charge in [-0.25, -0.2) is 0 Å². The summed E-state index contributed by atoms with van der Waals surface area (Å²) < 4.78 is 0. The second kappa shape index (κ2) is 4.75. The SMILES string of the molecule is CCC(N)(CC)CC=NC(C)(C)C. The fourth-order valence-electron chi connectivity index (χ4n) is 1.04. The molecular weight excluding hydrogens is 160 g/mol. The van der Waals surface area contributed by atoms with E-state index in [1.807, 2.05) is 6.21 Å². The minimum Gasteiger partial charge on any atom is -0.325 e. The highest BCUT2D eigenvalue weighted by Gasteiger charge is 2.18. The van der Waals surface area contributed by atoms with Crippen LogP contribution in [0.2, 0.25) is 0 Å². The Morgan fingerprint density at radius 3 is 1.92 bits per heavy atom. The third-order valence-corrected chi connectivity index (χ3v) is 2.38. The summed E-state index contributed by atoms with van der Waals surface area (Å²) in [5.74, 6) is 0. The highest BCUT2D eigenvalue weighted by Crippen LogP contribution is 2.15. The van der Waals surface area contributed by atoms with E-state index in [4.69, 9.17) is 5.73 Å². The van der Waals surface area contributed by atoms with Gasteiger partial charge in [-0.1, -0.05) is 13.8 Å². The highest BCUT2D eigenvalue weighted by atomic mass is 14.8. The van der Waals surface area contributed by atoms with E-state index in [-0.39, 0.29) is 11.1 Å². The summed E-state index contributed by atoms with van der Waals surface area (Å²) in [5, 5.41) is 0. The molecule has 2 heteroatoms. The van der Waals surface area contributed by atoms with E-state index < -0.39 is 0 Å². The first-order valence-corrected chi connectivity index (χ1v) is 5.15. The molecule has 13 heavy (non-hydrogen) atoms. The van der Waals surface area contributed by atoms with E-state index in [9.17, 15) is 0 Å². The maximum absolute atomic E-state index is 6.13. The van der Waals surface area contributed by atoms with Crippen molar-refractivity contribution in [3.05, 3.63) is 0 Å². The summed E-state index contributed by atoms with van der Waals surface area (Å²) in [6.07, 6.45) is 4.89. The molecule has 0 atom stereocenters. The first-order valence-electron chi connectivity index (χ1n) is 5.15. The van der Waals surface area contributed by atoms with Crippen molar-refractivity contribution in [3.63, 3.8) is 0 Å². The van der Waals surface area contributed by atoms with Crippen molar-refractivity contribution in [2.24, 2.45) is 10.7 Å². The lowest BCUT2D eigenvalue weighted by Crippen LogP contribution is -2.38. The van der Waals surface area contributed by atoms with Crippen LogP contribution in [0.25, 0.3) is 0 Å². The van der Waals surface area contributed by atoms with E-state index in [1.165, 1.54) is 0 Å². The number of nitrogens with zero attached hydrogens (tertiary/aromatic N) is 1. The van der Waals surface area contributed by atoms with Gasteiger partial charge >= 0.3 is 0 Å². The number of rotatable bonds is 4. The minimum absolute atomic E-state index is 0.0302. The zero-order valence-corrected chi connectivity index (χ0v) is 9.72. The average Bonchev–Trinajstić information content (AvgIpc) is 2.02. The van der Waals surface area contributed by atoms with Crippen molar-refractivity contribution in [3.8, 4) is 0 Å². The molecule has 0 aromatic rings. The summed E-state index contributed by atoms with van der Waals surface area (Å²) in [6.45, 7) is 10.6. The molecule has 0 rings (SSSR count). The molecule has 0 saturated carbocycles. The molecule has 0 fully saturated rings. The van der Waals surface area contributed by atoms with Gasteiger partial charge in [0.2, 0.25) is 0 Å². The van der Waals surface area contributed by atoms with Crippen molar-refractivity contribution >= 4 is 6.21 Å². The first kappa shape index (κ1) is 12.6. The maximum atomic E-state index is 6.13. The smallest absolute Gasteiger partial charge is 0.0520 e. The molecule has 0 aromatic heterocycles. The van der Waals surface area contributed by atoms with Crippen LogP contribution >= 0.6 is 0 Å². The molecule has 0 heterocycles. The molecule has 0 radical (unpaired) electrons. The highest BCUT2D eigenvalue weighted by molar-refractivity contribution is 5.59. The van der Waals surface area contributed by atoms with E-state index in [2.05, 4.69) is 39.6 Å². The molecule has 0 saturated heterocycles. The molecule has 0 amide bonds. The number of hydrogen-bond donors (Lipinski definition) is 1. The predicted octanol–water partition coefficient (Wildman–Crippen LogP) is 2.76. The van der Waals surface area contributed by atoms with Crippen LogP contribution < -0.4 is 5.73 Å². The second-order valence-electron chi connectivity index (χ2n) is 4.76. The Kier molecular flexibility index (Phi) is 4.62. The van der Waals surface area contributed by atoms with E-state index in [1.54, 1.807) is 0 Å². The van der Waals surface area contributed by atoms with Gasteiger partial charge in [-0.05, 0) is 33.6 Å². The first-order chi connectivity index (χ1) is 5.83. The Morgan fingerprint density at radius 1 is 1.15 bits per heavy atom. The van der Waals surface area contributed by atoms with E-state index >= 15 is 0 Å². The lowest BCUT2D eigenvalue weighted by molar-refractivity contribution is 0.412. The quantitative estimate of drug-likeness (QED) is 0.670. The Balaban J connectivity index is 4.07. The van der Waals surface area contributed by atoms with Gasteiger partial charge in [0.25, 0.3) is 0 Å². The summed E-state index contributed by atoms with van der Waals surface area (Å²) in [4.78, 5) is 4.43. The van der Waals surface area contributed by atoms with Gasteiger partial charge in [0.05, 0.1) is 5.54 Å². The second-order valence-corrected chi connectivity index (χ2v) is 4.76. The van der Waals surface area contributed by atoms with Crippen LogP contribution in [0.5, 0.6) is 0 Å². The van der Waals surface area contributed by atoms with Gasteiger partial charge in [-0.3, -0.25) is 4.99 Å². The summed E-state index contributed by atoms with van der Waals surface area (Å²) in [5.41, 5.74) is 6.12. The average molecular weight is 184 g/mol. The minimum atomic E-state index is -0.0469. The van der Waals surface area contributed by atoms with Gasteiger partial charge in [-0.2, -0.15) is 0 Å². The van der Waals surface area contributed by atoms with Crippen molar-refractivity contribution < 1.29 is 0 Å². The van der Waals surface area contributed by atoms with Crippen molar-refractivity contribution in [2.45, 2.75) is 65.0 Å². The van der Waals surface area contributed by atoms with Gasteiger partial charge < -0.3 is 5.73 Å². The van der Waals surface area contributed by atoms with Gasteiger partial charge in [-0.15, -0.1) is 0 Å². The van der Waals surface area contributed by atoms with E-state index in [0.29, 0.717) is 0 Å². The zero-order valence-electron chi connectivity index (χ0n) is 9.72. The predicted molar refractivity (Wildman–Crippen MR) is 60.4 cm³/mol. The number of hydrogen-bond acceptors (Lipinski definition) is 2. The molecule has 2 nitrogen and oxygen atoms in total. The van der Waals surface area contributed by atoms with E-state index in [0.717, 1.165) is 19.3 Å². The maximum Gasteiger partial charge on any atom is 0.0520 e. The normalized spacial score (nSPS) is 14.0. The van der Waals surface area contributed by atoms with Crippen LogP contribution in [-0.2, 0) is 0 Å². The third kappa shape index (κ3) is 5.81. The Labute approximate surface area is 82.6 Å². The van der Waals surface area contributed by atoms with Gasteiger partial charge in [0, 0.05) is 18.2 Å². The fourth-order valence-corrected chi connectivity index (χ4v) is 1.04. The molecule has 0 bridgehead atoms. The molecular formula is C11H24N2. The number of nitrogens with two attached hydrogens (primary N) is 1. The third-order valence-electron chi connectivity index (χ3n) is 2.38. The lowest BCUT2D eigenvalue weighted by Gasteiger charge is -2.25. The topological polar surface area (TPSA) is 38.4 Å². The van der Waals surface area contributed by atoms with Crippen LogP contribution in [0.15, 0.2) is 4.99 Å². The Hall–Kier alpha value is -0.370. The molecule has 0 aliphatic heterocycles. The monoisotopic (exact) mass is 184 g/mol. The van der Waals surface area contributed by atoms with Crippen molar-refractivity contribution in [2.75, 3.05) is 0 Å². The summed E-state index contributed by atoms with van der Waals surface area (Å²) in [6, 6.07) is 0. The van der Waals surface area contributed by atoms with Crippen LogP contribution in [-0.4, -0.2) is 17.3 Å². The van der Waals surface area contributed by atoms with Crippen LogP contribution in [0.4, 0.5) is 0 Å². The molecule has 0 spiro atoms. The number of aliphatic imine (C=N–C) groups is 1. The zero-order chi connectivity index (χ0) is 10.5. The molecule has 0 aromatic carbocycles. The van der Waals surface area contributed by atoms with Crippen LogP contribution in [0, 0.1) is 0 Å². The summed E-state index contributed by atoms with van der Waals surface area (Å²) >= 11 is 0. The Morgan fingerprint density at radius 2 is 1.62 bits per heavy atom. The van der Waals surface area contributed by atoms with Crippen molar-refractivity contribution in [1.82, 2.24) is 0 Å². The fraction of sp³-hybridized carbons (Fsp3) is 0.909. The molecule has 0 aliphatic carbocycles. The van der Waals surface area contributed by atoms with Gasteiger partial charge in [0.1, 0.15) is 0 Å². The lowest BCUT2D eigenvalue weighted by atomic mass is 9.91. The molecule has 0 unspecified atom stereocenters. The molecule has 78 valence electrons. The van der Waals surface area contributed by atoms with Crippen LogP contribution in [0.3, 0.4) is 0 Å².